The average molecular weight is 213 g/mol. The number of hydrogen-bond donors (Lipinski definition) is 2. The van der Waals surface area contributed by atoms with Gasteiger partial charge in [-0.05, 0) is 6.07 Å². The highest BCUT2D eigenvalue weighted by Crippen LogP contribution is 2.27. The molecule has 0 radical (unpaired) electrons. The summed E-state index contributed by atoms with van der Waals surface area (Å²) in [6.45, 7) is 0. The summed E-state index contributed by atoms with van der Waals surface area (Å²) in [6.07, 6.45) is 1.31. The number of pyridine rings is 1. The van der Waals surface area contributed by atoms with Crippen LogP contribution in [0.15, 0.2) is 18.3 Å². The summed E-state index contributed by atoms with van der Waals surface area (Å²) in [5.74, 6) is 1.00. The van der Waals surface area contributed by atoms with E-state index < -0.39 is 17.5 Å². The molecule has 1 aromatic heterocycles. The smallest absolute Gasteiger partial charge is 0.195 e. The van der Waals surface area contributed by atoms with Gasteiger partial charge in [0.2, 0.25) is 0 Å². The first kappa shape index (κ1) is 9.72. The predicted octanol–water partition coefficient (Wildman–Crippen LogP) is 1.94. The van der Waals surface area contributed by atoms with Gasteiger partial charge in [0, 0.05) is 12.3 Å². The van der Waals surface area contributed by atoms with Gasteiger partial charge in [-0.1, -0.05) is 0 Å². The minimum Gasteiger partial charge on any atom is -0.323 e. The molecule has 0 bridgehead atoms. The van der Waals surface area contributed by atoms with E-state index >= 15 is 0 Å². The number of hydrogen-bond acceptors (Lipinski definition) is 3. The molecule has 15 heavy (non-hydrogen) atoms. The van der Waals surface area contributed by atoms with Gasteiger partial charge in [0.05, 0.1) is 16.6 Å². The second kappa shape index (κ2) is 3.39. The minimum absolute atomic E-state index is 0.00171. The van der Waals surface area contributed by atoms with E-state index in [4.69, 9.17) is 5.84 Å². The van der Waals surface area contributed by atoms with Gasteiger partial charge >= 0.3 is 0 Å². The molecule has 0 amide bonds. The van der Waals surface area contributed by atoms with Crippen molar-refractivity contribution >= 4 is 16.6 Å². The van der Waals surface area contributed by atoms with Gasteiger partial charge in [0.15, 0.2) is 17.5 Å². The van der Waals surface area contributed by atoms with E-state index in [-0.39, 0.29) is 16.6 Å². The highest BCUT2D eigenvalue weighted by atomic mass is 19.2. The quantitative estimate of drug-likeness (QED) is 0.432. The third-order valence-electron chi connectivity index (χ3n) is 2.02. The number of fused-ring (bicyclic) bond motifs is 1. The molecule has 0 fully saturated rings. The molecular weight excluding hydrogens is 207 g/mol. The Morgan fingerprint density at radius 1 is 1.20 bits per heavy atom. The van der Waals surface area contributed by atoms with Crippen LogP contribution in [-0.2, 0) is 0 Å². The van der Waals surface area contributed by atoms with Gasteiger partial charge in [-0.3, -0.25) is 10.8 Å². The molecular formula is C9H6F3N3. The van der Waals surface area contributed by atoms with Gasteiger partial charge in [-0.15, -0.1) is 0 Å². The molecule has 3 N–H and O–H groups in total. The lowest BCUT2D eigenvalue weighted by Gasteiger charge is -2.06. The van der Waals surface area contributed by atoms with Gasteiger partial charge < -0.3 is 5.43 Å². The number of nitrogens with two attached hydrogens (primary N) is 1. The summed E-state index contributed by atoms with van der Waals surface area (Å²) in [5.41, 5.74) is 2.34. The van der Waals surface area contributed by atoms with Crippen LogP contribution in [0.25, 0.3) is 10.9 Å². The Labute approximate surface area is 82.7 Å². The van der Waals surface area contributed by atoms with Crippen molar-refractivity contribution in [1.29, 1.82) is 0 Å². The summed E-state index contributed by atoms with van der Waals surface area (Å²) >= 11 is 0. The van der Waals surface area contributed by atoms with Crippen molar-refractivity contribution in [2.45, 2.75) is 0 Å². The maximum atomic E-state index is 13.4. The topological polar surface area (TPSA) is 50.9 Å². The van der Waals surface area contributed by atoms with Crippen molar-refractivity contribution in [3.63, 3.8) is 0 Å². The number of nitrogens with one attached hydrogen (secondary N) is 1. The van der Waals surface area contributed by atoms with E-state index in [1.807, 2.05) is 0 Å². The molecule has 0 saturated heterocycles. The first-order valence-corrected chi connectivity index (χ1v) is 4.04. The lowest BCUT2D eigenvalue weighted by atomic mass is 10.1. The van der Waals surface area contributed by atoms with Crippen LogP contribution in [0.4, 0.5) is 18.9 Å². The first-order valence-electron chi connectivity index (χ1n) is 4.04. The van der Waals surface area contributed by atoms with Crippen molar-refractivity contribution < 1.29 is 13.2 Å². The van der Waals surface area contributed by atoms with Gasteiger partial charge in [-0.25, -0.2) is 13.2 Å². The van der Waals surface area contributed by atoms with Crippen LogP contribution in [0.1, 0.15) is 0 Å². The van der Waals surface area contributed by atoms with Crippen LogP contribution in [0.2, 0.25) is 0 Å². The Hall–Kier alpha value is -1.82. The maximum Gasteiger partial charge on any atom is 0.195 e. The molecule has 3 nitrogen and oxygen atoms in total. The second-order valence-corrected chi connectivity index (χ2v) is 2.88. The number of nitrogens with zero attached hydrogens (tertiary/aromatic N) is 1. The lowest BCUT2D eigenvalue weighted by Crippen LogP contribution is -2.08. The van der Waals surface area contributed by atoms with Crippen LogP contribution < -0.4 is 11.3 Å². The highest BCUT2D eigenvalue weighted by Gasteiger charge is 2.16. The lowest BCUT2D eigenvalue weighted by molar-refractivity contribution is 0.453. The summed E-state index contributed by atoms with van der Waals surface area (Å²) in [7, 11) is 0. The van der Waals surface area contributed by atoms with Crippen molar-refractivity contribution in [1.82, 2.24) is 4.98 Å². The normalized spacial score (nSPS) is 10.7. The number of halogens is 3. The first-order chi connectivity index (χ1) is 7.15. The molecule has 0 atom stereocenters. The van der Waals surface area contributed by atoms with Gasteiger partial charge in [0.25, 0.3) is 0 Å². The maximum absolute atomic E-state index is 13.4. The van der Waals surface area contributed by atoms with Crippen LogP contribution in [-0.4, -0.2) is 4.98 Å². The van der Waals surface area contributed by atoms with E-state index in [1.165, 1.54) is 12.3 Å². The van der Waals surface area contributed by atoms with E-state index in [0.29, 0.717) is 0 Å². The molecule has 0 saturated carbocycles. The van der Waals surface area contributed by atoms with E-state index in [0.717, 1.165) is 6.07 Å². The molecule has 0 unspecified atom stereocenters. The number of nitrogen functional groups attached to an aromatic ring is 1. The molecule has 78 valence electrons. The molecule has 0 aliphatic heterocycles. The SMILES string of the molecule is NNc1ccnc2cc(F)c(F)c(F)c12. The fourth-order valence-corrected chi connectivity index (χ4v) is 1.34. The van der Waals surface area contributed by atoms with Crippen molar-refractivity contribution in [2.24, 2.45) is 5.84 Å². The van der Waals surface area contributed by atoms with Crippen molar-refractivity contribution in [2.75, 3.05) is 5.43 Å². The molecule has 0 spiro atoms. The molecule has 0 aliphatic rings. The number of aromatic nitrogens is 1. The van der Waals surface area contributed by atoms with Crippen LogP contribution in [0.5, 0.6) is 0 Å². The third kappa shape index (κ3) is 1.39. The zero-order valence-corrected chi connectivity index (χ0v) is 7.39. The monoisotopic (exact) mass is 213 g/mol. The van der Waals surface area contributed by atoms with Crippen molar-refractivity contribution in [3.8, 4) is 0 Å². The number of rotatable bonds is 1. The predicted molar refractivity (Wildman–Crippen MR) is 49.4 cm³/mol. The fraction of sp³-hybridized carbons (Fsp3) is 0. The molecule has 2 rings (SSSR count). The van der Waals surface area contributed by atoms with Crippen molar-refractivity contribution in [3.05, 3.63) is 35.8 Å². The Morgan fingerprint density at radius 2 is 1.93 bits per heavy atom. The van der Waals surface area contributed by atoms with Crippen LogP contribution >= 0.6 is 0 Å². The number of hydrazine groups is 1. The zero-order valence-electron chi connectivity index (χ0n) is 7.39. The standard InChI is InChI=1S/C9H6F3N3/c10-4-3-6-7(9(12)8(4)11)5(15-13)1-2-14-6/h1-3H,13H2,(H,14,15). The highest BCUT2D eigenvalue weighted by molar-refractivity contribution is 5.91. The van der Waals surface area contributed by atoms with E-state index in [9.17, 15) is 13.2 Å². The average Bonchev–Trinajstić information content (AvgIpc) is 2.25. The molecule has 0 aliphatic carbocycles. The van der Waals surface area contributed by atoms with Crippen LogP contribution in [0.3, 0.4) is 0 Å². The Kier molecular flexibility index (Phi) is 2.20. The number of anilines is 1. The summed E-state index contributed by atoms with van der Waals surface area (Å²) < 4.78 is 39.1. The summed E-state index contributed by atoms with van der Waals surface area (Å²) in [6, 6.07) is 2.18. The van der Waals surface area contributed by atoms with Gasteiger partial charge in [0.1, 0.15) is 0 Å². The molecule has 1 aromatic carbocycles. The molecule has 1 heterocycles. The Morgan fingerprint density at radius 3 is 2.60 bits per heavy atom. The largest absolute Gasteiger partial charge is 0.323 e. The summed E-state index contributed by atoms with van der Waals surface area (Å²) in [4.78, 5) is 3.71. The van der Waals surface area contributed by atoms with E-state index in [2.05, 4.69) is 10.4 Å². The minimum atomic E-state index is -1.54. The van der Waals surface area contributed by atoms with E-state index in [1.54, 1.807) is 0 Å². The fourth-order valence-electron chi connectivity index (χ4n) is 1.34. The Bertz CT molecular complexity index is 527. The van der Waals surface area contributed by atoms with Crippen LogP contribution in [0, 0.1) is 17.5 Å². The summed E-state index contributed by atoms with van der Waals surface area (Å²) in [5, 5.41) is -0.168. The second-order valence-electron chi connectivity index (χ2n) is 2.88. The zero-order chi connectivity index (χ0) is 11.0. The third-order valence-corrected chi connectivity index (χ3v) is 2.02. The number of benzene rings is 1. The Balaban J connectivity index is 2.93. The molecule has 2 aromatic rings. The van der Waals surface area contributed by atoms with Gasteiger partial charge in [-0.2, -0.15) is 0 Å². The molecule has 6 heteroatoms.